The van der Waals surface area contributed by atoms with E-state index in [1.165, 1.54) is 0 Å². The number of rotatable bonds is 5. The van der Waals surface area contributed by atoms with E-state index >= 15 is 0 Å². The molecule has 0 aliphatic heterocycles. The van der Waals surface area contributed by atoms with E-state index in [0.29, 0.717) is 29.4 Å². The minimum Gasteiger partial charge on any atom is -0.350 e. The number of hydrogen-bond donors (Lipinski definition) is 2. The third-order valence-corrected chi connectivity index (χ3v) is 4.23. The van der Waals surface area contributed by atoms with Crippen LogP contribution < -0.4 is 5.32 Å². The molecule has 4 aromatic rings. The fourth-order valence-electron chi connectivity index (χ4n) is 2.65. The standard InChI is InChI=1S/C18H15ClN6O/c19-13-6-4-12(5-7-13)14-11-15(22-21-14)18(26)20-9-8-17-24-23-16-3-1-2-10-25(16)17/h1-7,10-11H,8-9H2,(H,20,26)(H,21,22). The van der Waals surface area contributed by atoms with Crippen molar-refractivity contribution >= 4 is 23.2 Å². The summed E-state index contributed by atoms with van der Waals surface area (Å²) in [6.07, 6.45) is 2.48. The fraction of sp³-hybridized carbons (Fsp3) is 0.111. The Hall–Kier alpha value is -3.19. The zero-order chi connectivity index (χ0) is 17.9. The molecule has 0 aliphatic rings. The minimum atomic E-state index is -0.216. The molecule has 0 unspecified atom stereocenters. The number of fused-ring (bicyclic) bond motifs is 1. The lowest BCUT2D eigenvalue weighted by Crippen LogP contribution is -2.26. The number of pyridine rings is 1. The van der Waals surface area contributed by atoms with E-state index in [-0.39, 0.29) is 5.91 Å². The molecule has 130 valence electrons. The Morgan fingerprint density at radius 1 is 1.15 bits per heavy atom. The maximum Gasteiger partial charge on any atom is 0.269 e. The van der Waals surface area contributed by atoms with Gasteiger partial charge in [0.15, 0.2) is 5.65 Å². The molecule has 3 heterocycles. The van der Waals surface area contributed by atoms with E-state index in [1.807, 2.05) is 40.9 Å². The normalized spacial score (nSPS) is 11.0. The lowest BCUT2D eigenvalue weighted by molar-refractivity contribution is 0.0949. The van der Waals surface area contributed by atoms with Crippen molar-refractivity contribution in [2.24, 2.45) is 0 Å². The number of nitrogens with one attached hydrogen (secondary N) is 2. The molecule has 2 N–H and O–H groups in total. The number of benzene rings is 1. The average molecular weight is 367 g/mol. The highest BCUT2D eigenvalue weighted by atomic mass is 35.5. The molecule has 7 nitrogen and oxygen atoms in total. The quantitative estimate of drug-likeness (QED) is 0.568. The number of halogens is 1. The lowest BCUT2D eigenvalue weighted by atomic mass is 10.1. The van der Waals surface area contributed by atoms with Crippen molar-refractivity contribution in [1.82, 2.24) is 30.1 Å². The Morgan fingerprint density at radius 2 is 2.00 bits per heavy atom. The summed E-state index contributed by atoms with van der Waals surface area (Å²) >= 11 is 5.89. The largest absolute Gasteiger partial charge is 0.350 e. The summed E-state index contributed by atoms with van der Waals surface area (Å²) in [5.74, 6) is 0.582. The number of carbonyl (C=O) groups excluding carboxylic acids is 1. The van der Waals surface area contributed by atoms with Crippen molar-refractivity contribution in [3.8, 4) is 11.3 Å². The van der Waals surface area contributed by atoms with Gasteiger partial charge in [-0.2, -0.15) is 5.10 Å². The van der Waals surface area contributed by atoms with E-state index in [0.717, 1.165) is 17.0 Å². The Kier molecular flexibility index (Phi) is 4.37. The van der Waals surface area contributed by atoms with Crippen LogP contribution in [0.1, 0.15) is 16.3 Å². The van der Waals surface area contributed by atoms with E-state index in [1.54, 1.807) is 18.2 Å². The second-order valence-electron chi connectivity index (χ2n) is 5.72. The summed E-state index contributed by atoms with van der Waals surface area (Å²) in [7, 11) is 0. The van der Waals surface area contributed by atoms with Crippen molar-refractivity contribution in [3.63, 3.8) is 0 Å². The molecule has 0 aliphatic carbocycles. The number of carbonyl (C=O) groups is 1. The van der Waals surface area contributed by atoms with Gasteiger partial charge in [0.2, 0.25) is 0 Å². The summed E-state index contributed by atoms with van der Waals surface area (Å²) < 4.78 is 1.90. The van der Waals surface area contributed by atoms with Gasteiger partial charge in [-0.25, -0.2) is 0 Å². The SMILES string of the molecule is O=C(NCCc1nnc2ccccn12)c1cc(-c2ccc(Cl)cc2)n[nH]1. The van der Waals surface area contributed by atoms with Crippen LogP contribution in [0.5, 0.6) is 0 Å². The van der Waals surface area contributed by atoms with Crippen LogP contribution >= 0.6 is 11.6 Å². The monoisotopic (exact) mass is 366 g/mol. The highest BCUT2D eigenvalue weighted by molar-refractivity contribution is 6.30. The number of hydrogen-bond acceptors (Lipinski definition) is 4. The number of amides is 1. The highest BCUT2D eigenvalue weighted by Gasteiger charge is 2.11. The number of aromatic nitrogens is 5. The van der Waals surface area contributed by atoms with E-state index in [4.69, 9.17) is 11.6 Å². The smallest absolute Gasteiger partial charge is 0.269 e. The molecule has 3 aromatic heterocycles. The summed E-state index contributed by atoms with van der Waals surface area (Å²) in [5, 5.41) is 18.7. The predicted molar refractivity (Wildman–Crippen MR) is 98.1 cm³/mol. The first-order valence-electron chi connectivity index (χ1n) is 8.09. The van der Waals surface area contributed by atoms with Crippen LogP contribution in [-0.4, -0.2) is 37.2 Å². The van der Waals surface area contributed by atoms with Gasteiger partial charge in [0.25, 0.3) is 5.91 Å². The van der Waals surface area contributed by atoms with Crippen LogP contribution in [0.4, 0.5) is 0 Å². The average Bonchev–Trinajstić information content (AvgIpc) is 3.30. The molecular formula is C18H15ClN6O. The van der Waals surface area contributed by atoms with Gasteiger partial charge in [-0.05, 0) is 30.3 Å². The van der Waals surface area contributed by atoms with Crippen LogP contribution in [0.25, 0.3) is 16.9 Å². The predicted octanol–water partition coefficient (Wildman–Crippen LogP) is 2.75. The van der Waals surface area contributed by atoms with Crippen LogP contribution in [0.15, 0.2) is 54.7 Å². The number of nitrogens with zero attached hydrogens (tertiary/aromatic N) is 4. The molecule has 0 saturated heterocycles. The van der Waals surface area contributed by atoms with Gasteiger partial charge in [0.05, 0.1) is 5.69 Å². The van der Waals surface area contributed by atoms with Gasteiger partial charge in [0, 0.05) is 29.7 Å². The van der Waals surface area contributed by atoms with Gasteiger partial charge >= 0.3 is 0 Å². The molecule has 26 heavy (non-hydrogen) atoms. The zero-order valence-corrected chi connectivity index (χ0v) is 14.4. The second-order valence-corrected chi connectivity index (χ2v) is 6.16. The molecule has 1 amide bonds. The van der Waals surface area contributed by atoms with Crippen LogP contribution in [0.3, 0.4) is 0 Å². The first-order valence-corrected chi connectivity index (χ1v) is 8.47. The lowest BCUT2D eigenvalue weighted by Gasteiger charge is -2.02. The van der Waals surface area contributed by atoms with Gasteiger partial charge in [-0.3, -0.25) is 14.3 Å². The molecule has 0 saturated carbocycles. The summed E-state index contributed by atoms with van der Waals surface area (Å²) in [4.78, 5) is 12.3. The highest BCUT2D eigenvalue weighted by Crippen LogP contribution is 2.20. The molecule has 1 aromatic carbocycles. The van der Waals surface area contributed by atoms with Gasteiger partial charge in [-0.1, -0.05) is 29.8 Å². The fourth-order valence-corrected chi connectivity index (χ4v) is 2.78. The maximum atomic E-state index is 12.3. The number of H-pyrrole nitrogens is 1. The molecule has 0 spiro atoms. The Bertz CT molecular complexity index is 1050. The molecule has 0 radical (unpaired) electrons. The first-order chi connectivity index (χ1) is 12.7. The zero-order valence-electron chi connectivity index (χ0n) is 13.7. The van der Waals surface area contributed by atoms with Crippen LogP contribution in [0, 0.1) is 0 Å². The Morgan fingerprint density at radius 3 is 2.85 bits per heavy atom. The molecule has 8 heteroatoms. The van der Waals surface area contributed by atoms with Crippen molar-refractivity contribution in [1.29, 1.82) is 0 Å². The summed E-state index contributed by atoms with van der Waals surface area (Å²) in [6, 6.07) is 14.7. The van der Waals surface area contributed by atoms with Crippen molar-refractivity contribution < 1.29 is 4.79 Å². The van der Waals surface area contributed by atoms with E-state index < -0.39 is 0 Å². The van der Waals surface area contributed by atoms with E-state index in [2.05, 4.69) is 25.7 Å². The topological polar surface area (TPSA) is 88.0 Å². The van der Waals surface area contributed by atoms with Crippen molar-refractivity contribution in [2.45, 2.75) is 6.42 Å². The number of aromatic amines is 1. The van der Waals surface area contributed by atoms with Gasteiger partial charge < -0.3 is 5.32 Å². The summed E-state index contributed by atoms with van der Waals surface area (Å²) in [5.41, 5.74) is 2.77. The first kappa shape index (κ1) is 16.3. The van der Waals surface area contributed by atoms with Crippen LogP contribution in [0.2, 0.25) is 5.02 Å². The molecule has 0 atom stereocenters. The second kappa shape index (κ2) is 6.97. The van der Waals surface area contributed by atoms with Crippen molar-refractivity contribution in [2.75, 3.05) is 6.54 Å². The summed E-state index contributed by atoms with van der Waals surface area (Å²) in [6.45, 7) is 0.448. The van der Waals surface area contributed by atoms with Crippen molar-refractivity contribution in [3.05, 3.63) is 71.3 Å². The van der Waals surface area contributed by atoms with Gasteiger partial charge in [-0.15, -0.1) is 10.2 Å². The Labute approximate surface area is 154 Å². The Balaban J connectivity index is 1.39. The maximum absolute atomic E-state index is 12.3. The molecule has 0 bridgehead atoms. The van der Waals surface area contributed by atoms with E-state index in [9.17, 15) is 4.79 Å². The van der Waals surface area contributed by atoms with Gasteiger partial charge in [0.1, 0.15) is 11.5 Å². The minimum absolute atomic E-state index is 0.216. The third-order valence-electron chi connectivity index (χ3n) is 3.98. The molecular weight excluding hydrogens is 352 g/mol. The van der Waals surface area contributed by atoms with Crippen LogP contribution in [-0.2, 0) is 6.42 Å². The molecule has 0 fully saturated rings. The third kappa shape index (κ3) is 3.29. The molecule has 4 rings (SSSR count).